The van der Waals surface area contributed by atoms with Crippen LogP contribution in [-0.2, 0) is 15.0 Å². The van der Waals surface area contributed by atoms with E-state index < -0.39 is 22.2 Å². The Morgan fingerprint density at radius 3 is 2.58 bits per heavy atom. The van der Waals surface area contributed by atoms with Crippen LogP contribution in [0.25, 0.3) is 0 Å². The van der Waals surface area contributed by atoms with Crippen LogP contribution in [0, 0.1) is 0 Å². The molecule has 0 unspecified atom stereocenters. The number of hydrogen-bond acceptors (Lipinski definition) is 3. The van der Waals surface area contributed by atoms with Crippen molar-refractivity contribution in [3.05, 3.63) is 34.9 Å². The van der Waals surface area contributed by atoms with Gasteiger partial charge in [0.2, 0.25) is 0 Å². The first-order valence-electron chi connectivity index (χ1n) is 5.61. The highest BCUT2D eigenvalue weighted by Crippen LogP contribution is 2.23. The lowest BCUT2D eigenvalue weighted by molar-refractivity contribution is -0.139. The van der Waals surface area contributed by atoms with Crippen LogP contribution >= 0.6 is 11.6 Å². The Bertz CT molecular complexity index is 547. The van der Waals surface area contributed by atoms with Crippen molar-refractivity contribution in [3.63, 3.8) is 0 Å². The molecule has 1 rings (SSSR count). The molecule has 106 valence electrons. The van der Waals surface area contributed by atoms with Crippen molar-refractivity contribution in [3.8, 4) is 0 Å². The normalized spacial score (nSPS) is 13.2. The van der Waals surface area contributed by atoms with Gasteiger partial charge in [0.25, 0.3) is 10.2 Å². The topological polar surface area (TPSA) is 95.5 Å². The molecule has 0 aromatic heterocycles. The smallest absolute Gasteiger partial charge is 0.326 e. The van der Waals surface area contributed by atoms with Gasteiger partial charge in [0.05, 0.1) is 0 Å². The molecule has 8 heteroatoms. The third kappa shape index (κ3) is 4.79. The van der Waals surface area contributed by atoms with Crippen molar-refractivity contribution < 1.29 is 18.3 Å². The van der Waals surface area contributed by atoms with Crippen LogP contribution in [-0.4, -0.2) is 26.0 Å². The molecule has 0 spiro atoms. The molecular formula is C11H15ClN2O4S. The Morgan fingerprint density at radius 1 is 1.42 bits per heavy atom. The minimum atomic E-state index is -3.89. The molecule has 0 amide bonds. The fourth-order valence-corrected chi connectivity index (χ4v) is 2.73. The zero-order valence-corrected chi connectivity index (χ0v) is 11.8. The average Bonchev–Trinajstić information content (AvgIpc) is 2.34. The van der Waals surface area contributed by atoms with Gasteiger partial charge in [-0.15, -0.1) is 0 Å². The zero-order chi connectivity index (χ0) is 14.5. The number of benzene rings is 1. The SMILES string of the molecule is CCCNS(=O)(=O)N[C@@H](C(=O)O)c1ccccc1Cl. The van der Waals surface area contributed by atoms with Crippen LogP contribution < -0.4 is 9.44 Å². The monoisotopic (exact) mass is 306 g/mol. The lowest BCUT2D eigenvalue weighted by Crippen LogP contribution is -2.41. The Balaban J connectivity index is 2.98. The van der Waals surface area contributed by atoms with Crippen LogP contribution in [0.2, 0.25) is 5.02 Å². The molecule has 0 bridgehead atoms. The summed E-state index contributed by atoms with van der Waals surface area (Å²) in [6.07, 6.45) is 0.602. The molecule has 3 N–H and O–H groups in total. The Labute approximate surface area is 117 Å². The number of halogens is 1. The highest BCUT2D eigenvalue weighted by Gasteiger charge is 2.26. The number of nitrogens with one attached hydrogen (secondary N) is 2. The summed E-state index contributed by atoms with van der Waals surface area (Å²) < 4.78 is 27.6. The third-order valence-corrected chi connectivity index (χ3v) is 3.75. The molecule has 6 nitrogen and oxygen atoms in total. The molecule has 0 saturated heterocycles. The molecule has 0 saturated carbocycles. The minimum Gasteiger partial charge on any atom is -0.480 e. The molecule has 0 fully saturated rings. The molecular weight excluding hydrogens is 292 g/mol. The number of rotatable bonds is 7. The number of carboxylic acids is 1. The van der Waals surface area contributed by atoms with Crippen LogP contribution in [0.5, 0.6) is 0 Å². The third-order valence-electron chi connectivity index (χ3n) is 2.28. The van der Waals surface area contributed by atoms with Gasteiger partial charge in [0, 0.05) is 11.6 Å². The molecule has 0 radical (unpaired) electrons. The number of hydrogen-bond donors (Lipinski definition) is 3. The zero-order valence-electron chi connectivity index (χ0n) is 10.3. The highest BCUT2D eigenvalue weighted by atomic mass is 35.5. The van der Waals surface area contributed by atoms with E-state index in [-0.39, 0.29) is 17.1 Å². The van der Waals surface area contributed by atoms with E-state index in [0.717, 1.165) is 0 Å². The second-order valence-corrected chi connectivity index (χ2v) is 5.75. The van der Waals surface area contributed by atoms with Crippen molar-refractivity contribution in [1.82, 2.24) is 9.44 Å². The summed E-state index contributed by atoms with van der Waals surface area (Å²) in [6, 6.07) is 4.76. The highest BCUT2D eigenvalue weighted by molar-refractivity contribution is 7.87. The summed E-state index contributed by atoms with van der Waals surface area (Å²) in [7, 11) is -3.89. The average molecular weight is 307 g/mol. The van der Waals surface area contributed by atoms with Gasteiger partial charge in [0.1, 0.15) is 6.04 Å². The van der Waals surface area contributed by atoms with Crippen molar-refractivity contribution >= 4 is 27.8 Å². The summed E-state index contributed by atoms with van der Waals surface area (Å²) >= 11 is 5.88. The van der Waals surface area contributed by atoms with Crippen molar-refractivity contribution in [1.29, 1.82) is 0 Å². The van der Waals surface area contributed by atoms with E-state index >= 15 is 0 Å². The maximum absolute atomic E-state index is 11.7. The van der Waals surface area contributed by atoms with E-state index in [2.05, 4.69) is 9.44 Å². The van der Waals surface area contributed by atoms with E-state index in [1.807, 2.05) is 0 Å². The lowest BCUT2D eigenvalue weighted by Gasteiger charge is -2.16. The van der Waals surface area contributed by atoms with Gasteiger partial charge in [0.15, 0.2) is 0 Å². The number of aliphatic carboxylic acids is 1. The second kappa shape index (κ2) is 6.85. The van der Waals surface area contributed by atoms with E-state index in [1.165, 1.54) is 12.1 Å². The molecule has 0 aliphatic heterocycles. The van der Waals surface area contributed by atoms with Crippen LogP contribution in [0.4, 0.5) is 0 Å². The summed E-state index contributed by atoms with van der Waals surface area (Å²) in [5, 5.41) is 9.31. The maximum Gasteiger partial charge on any atom is 0.326 e. The molecule has 1 atom stereocenters. The standard InChI is InChI=1S/C11H15ClN2O4S/c1-2-7-13-19(17,18)14-10(11(15)16)8-5-3-4-6-9(8)12/h3-6,10,13-14H,2,7H2,1H3,(H,15,16)/t10-/m1/s1. The fraction of sp³-hybridized carbons (Fsp3) is 0.364. The number of carbonyl (C=O) groups is 1. The lowest BCUT2D eigenvalue weighted by atomic mass is 10.1. The molecule has 0 aliphatic rings. The van der Waals surface area contributed by atoms with Crippen LogP contribution in [0.3, 0.4) is 0 Å². The molecule has 1 aromatic carbocycles. The van der Waals surface area contributed by atoms with E-state index in [9.17, 15) is 13.2 Å². The van der Waals surface area contributed by atoms with Gasteiger partial charge in [-0.3, -0.25) is 4.79 Å². The first-order chi connectivity index (χ1) is 8.87. The molecule has 0 aliphatic carbocycles. The first kappa shape index (κ1) is 15.9. The largest absolute Gasteiger partial charge is 0.480 e. The van der Waals surface area contributed by atoms with Crippen molar-refractivity contribution in [2.75, 3.05) is 6.54 Å². The second-order valence-electron chi connectivity index (χ2n) is 3.81. The maximum atomic E-state index is 11.7. The Morgan fingerprint density at radius 2 is 2.05 bits per heavy atom. The molecule has 19 heavy (non-hydrogen) atoms. The van der Waals surface area contributed by atoms with Gasteiger partial charge in [-0.2, -0.15) is 13.1 Å². The van der Waals surface area contributed by atoms with Gasteiger partial charge in [-0.25, -0.2) is 4.72 Å². The van der Waals surface area contributed by atoms with Gasteiger partial charge < -0.3 is 5.11 Å². The number of carboxylic acid groups (broad SMARTS) is 1. The van der Waals surface area contributed by atoms with Crippen molar-refractivity contribution in [2.45, 2.75) is 19.4 Å². The summed E-state index contributed by atoms with van der Waals surface area (Å²) in [5.41, 5.74) is 0.193. The van der Waals surface area contributed by atoms with E-state index in [1.54, 1.807) is 19.1 Å². The summed E-state index contributed by atoms with van der Waals surface area (Å²) in [5.74, 6) is -1.32. The predicted molar refractivity (Wildman–Crippen MR) is 72.2 cm³/mol. The van der Waals surface area contributed by atoms with Crippen molar-refractivity contribution in [2.24, 2.45) is 0 Å². The Hall–Kier alpha value is -1.15. The minimum absolute atomic E-state index is 0.188. The van der Waals surface area contributed by atoms with E-state index in [0.29, 0.717) is 6.42 Å². The summed E-state index contributed by atoms with van der Waals surface area (Å²) in [6.45, 7) is 2.02. The van der Waals surface area contributed by atoms with Gasteiger partial charge in [-0.1, -0.05) is 36.7 Å². The predicted octanol–water partition coefficient (Wildman–Crippen LogP) is 1.30. The van der Waals surface area contributed by atoms with E-state index in [4.69, 9.17) is 16.7 Å². The van der Waals surface area contributed by atoms with Gasteiger partial charge >= 0.3 is 5.97 Å². The van der Waals surface area contributed by atoms with Crippen LogP contribution in [0.15, 0.2) is 24.3 Å². The van der Waals surface area contributed by atoms with Crippen LogP contribution in [0.1, 0.15) is 24.9 Å². The summed E-state index contributed by atoms with van der Waals surface area (Å²) in [4.78, 5) is 11.2. The first-order valence-corrected chi connectivity index (χ1v) is 7.47. The Kier molecular flexibility index (Phi) is 5.74. The fourth-order valence-electron chi connectivity index (χ4n) is 1.39. The van der Waals surface area contributed by atoms with Gasteiger partial charge in [-0.05, 0) is 18.1 Å². The molecule has 1 aromatic rings. The quantitative estimate of drug-likeness (QED) is 0.707. The molecule has 0 heterocycles.